The lowest BCUT2D eigenvalue weighted by Gasteiger charge is -2.23. The molecule has 0 radical (unpaired) electrons. The quantitative estimate of drug-likeness (QED) is 0.760. The van der Waals surface area contributed by atoms with Gasteiger partial charge in [-0.25, -0.2) is 0 Å². The molecule has 0 aliphatic carbocycles. The van der Waals surface area contributed by atoms with Crippen LogP contribution in [0.3, 0.4) is 0 Å². The zero-order valence-electron chi connectivity index (χ0n) is 13.7. The SMILES string of the molecule is CCN(CC(=O)Nc1cccc(OC)c1)C(=O)C(C)CNC. The van der Waals surface area contributed by atoms with Gasteiger partial charge < -0.3 is 20.3 Å². The van der Waals surface area contributed by atoms with Gasteiger partial charge in [-0.15, -0.1) is 0 Å². The molecule has 0 saturated carbocycles. The predicted molar refractivity (Wildman–Crippen MR) is 87.0 cm³/mol. The Morgan fingerprint density at radius 3 is 2.68 bits per heavy atom. The number of rotatable bonds is 8. The van der Waals surface area contributed by atoms with E-state index in [1.54, 1.807) is 43.3 Å². The van der Waals surface area contributed by atoms with E-state index >= 15 is 0 Å². The summed E-state index contributed by atoms with van der Waals surface area (Å²) in [4.78, 5) is 25.9. The molecule has 0 spiro atoms. The van der Waals surface area contributed by atoms with Crippen molar-refractivity contribution in [2.45, 2.75) is 13.8 Å². The molecule has 2 N–H and O–H groups in total. The van der Waals surface area contributed by atoms with Crippen LogP contribution in [-0.2, 0) is 9.59 Å². The van der Waals surface area contributed by atoms with Crippen molar-refractivity contribution in [3.8, 4) is 5.75 Å². The van der Waals surface area contributed by atoms with Crippen LogP contribution >= 0.6 is 0 Å². The highest BCUT2D eigenvalue weighted by atomic mass is 16.5. The van der Waals surface area contributed by atoms with Crippen LogP contribution in [0.15, 0.2) is 24.3 Å². The highest BCUT2D eigenvalue weighted by Gasteiger charge is 2.20. The lowest BCUT2D eigenvalue weighted by molar-refractivity contribution is -0.137. The smallest absolute Gasteiger partial charge is 0.243 e. The Bertz CT molecular complexity index is 505. The van der Waals surface area contributed by atoms with Crippen LogP contribution in [0.1, 0.15) is 13.8 Å². The molecule has 1 aromatic carbocycles. The van der Waals surface area contributed by atoms with Gasteiger partial charge in [0.1, 0.15) is 5.75 Å². The van der Waals surface area contributed by atoms with E-state index in [-0.39, 0.29) is 24.3 Å². The zero-order valence-corrected chi connectivity index (χ0v) is 13.7. The molecule has 0 aromatic heterocycles. The number of anilines is 1. The molecule has 0 aliphatic rings. The van der Waals surface area contributed by atoms with Gasteiger partial charge in [-0.05, 0) is 26.1 Å². The Morgan fingerprint density at radius 1 is 1.36 bits per heavy atom. The fourth-order valence-corrected chi connectivity index (χ4v) is 2.13. The zero-order chi connectivity index (χ0) is 16.5. The number of nitrogens with zero attached hydrogens (tertiary/aromatic N) is 1. The van der Waals surface area contributed by atoms with E-state index in [9.17, 15) is 9.59 Å². The Labute approximate surface area is 131 Å². The maximum absolute atomic E-state index is 12.2. The first kappa shape index (κ1) is 18.0. The van der Waals surface area contributed by atoms with Crippen molar-refractivity contribution in [3.05, 3.63) is 24.3 Å². The van der Waals surface area contributed by atoms with Crippen LogP contribution in [0.4, 0.5) is 5.69 Å². The summed E-state index contributed by atoms with van der Waals surface area (Å²) < 4.78 is 5.11. The summed E-state index contributed by atoms with van der Waals surface area (Å²) in [6.45, 7) is 4.84. The van der Waals surface area contributed by atoms with Gasteiger partial charge in [0.05, 0.1) is 13.7 Å². The second-order valence-electron chi connectivity index (χ2n) is 5.09. The van der Waals surface area contributed by atoms with Gasteiger partial charge >= 0.3 is 0 Å². The van der Waals surface area contributed by atoms with Crippen LogP contribution in [0, 0.1) is 5.92 Å². The van der Waals surface area contributed by atoms with Crippen molar-refractivity contribution in [1.29, 1.82) is 0 Å². The first-order valence-electron chi connectivity index (χ1n) is 7.39. The van der Waals surface area contributed by atoms with E-state index in [0.717, 1.165) is 0 Å². The number of carbonyl (C=O) groups excluding carboxylic acids is 2. The van der Waals surface area contributed by atoms with Crippen LogP contribution in [0.2, 0.25) is 0 Å². The normalized spacial score (nSPS) is 11.6. The Balaban J connectivity index is 2.62. The average Bonchev–Trinajstić information content (AvgIpc) is 2.52. The monoisotopic (exact) mass is 307 g/mol. The van der Waals surface area contributed by atoms with Crippen molar-refractivity contribution in [2.24, 2.45) is 5.92 Å². The van der Waals surface area contributed by atoms with E-state index < -0.39 is 0 Å². The maximum Gasteiger partial charge on any atom is 0.243 e. The van der Waals surface area contributed by atoms with E-state index in [1.807, 2.05) is 13.8 Å². The van der Waals surface area contributed by atoms with Crippen molar-refractivity contribution in [3.63, 3.8) is 0 Å². The molecule has 0 heterocycles. The van der Waals surface area contributed by atoms with Crippen molar-refractivity contribution >= 4 is 17.5 Å². The average molecular weight is 307 g/mol. The summed E-state index contributed by atoms with van der Waals surface area (Å²) in [5, 5.41) is 5.75. The molecule has 0 aliphatic heterocycles. The molecular weight excluding hydrogens is 282 g/mol. The lowest BCUT2D eigenvalue weighted by atomic mass is 10.1. The number of likely N-dealkylation sites (N-methyl/N-ethyl adjacent to an activating group) is 1. The molecule has 1 unspecified atom stereocenters. The van der Waals surface area contributed by atoms with E-state index in [2.05, 4.69) is 10.6 Å². The molecule has 6 heteroatoms. The number of nitrogens with one attached hydrogen (secondary N) is 2. The minimum absolute atomic E-state index is 0.0300. The first-order valence-corrected chi connectivity index (χ1v) is 7.39. The number of amides is 2. The van der Waals surface area contributed by atoms with Crippen molar-refractivity contribution < 1.29 is 14.3 Å². The first-order chi connectivity index (χ1) is 10.5. The number of methoxy groups -OCH3 is 1. The van der Waals surface area contributed by atoms with Crippen LogP contribution in [-0.4, -0.2) is 50.5 Å². The molecule has 0 fully saturated rings. The Morgan fingerprint density at radius 2 is 2.09 bits per heavy atom. The van der Waals surface area contributed by atoms with Gasteiger partial charge in [0.15, 0.2) is 0 Å². The largest absolute Gasteiger partial charge is 0.497 e. The van der Waals surface area contributed by atoms with Gasteiger partial charge in [0.25, 0.3) is 0 Å². The molecular formula is C16H25N3O3. The third-order valence-electron chi connectivity index (χ3n) is 3.31. The van der Waals surface area contributed by atoms with Crippen LogP contribution in [0.5, 0.6) is 5.75 Å². The minimum Gasteiger partial charge on any atom is -0.497 e. The molecule has 1 rings (SSSR count). The van der Waals surface area contributed by atoms with Crippen molar-refractivity contribution in [2.75, 3.05) is 39.1 Å². The van der Waals surface area contributed by atoms with E-state index in [4.69, 9.17) is 4.74 Å². The van der Waals surface area contributed by atoms with Crippen LogP contribution < -0.4 is 15.4 Å². The lowest BCUT2D eigenvalue weighted by Crippen LogP contribution is -2.42. The number of ether oxygens (including phenoxy) is 1. The highest BCUT2D eigenvalue weighted by Crippen LogP contribution is 2.16. The Hall–Kier alpha value is -2.08. The molecule has 0 bridgehead atoms. The summed E-state index contributed by atoms with van der Waals surface area (Å²) in [6, 6.07) is 7.12. The number of benzene rings is 1. The summed E-state index contributed by atoms with van der Waals surface area (Å²) >= 11 is 0. The Kier molecular flexibility index (Phi) is 7.39. The number of hydrogen-bond acceptors (Lipinski definition) is 4. The van der Waals surface area contributed by atoms with Crippen LogP contribution in [0.25, 0.3) is 0 Å². The van der Waals surface area contributed by atoms with E-state index in [1.165, 1.54) is 0 Å². The van der Waals surface area contributed by atoms with Gasteiger partial charge in [0, 0.05) is 30.8 Å². The minimum atomic E-state index is -0.222. The molecule has 6 nitrogen and oxygen atoms in total. The molecule has 122 valence electrons. The third-order valence-corrected chi connectivity index (χ3v) is 3.31. The molecule has 1 atom stereocenters. The molecule has 2 amide bonds. The molecule has 22 heavy (non-hydrogen) atoms. The van der Waals surface area contributed by atoms with E-state index in [0.29, 0.717) is 24.5 Å². The second kappa shape index (κ2) is 9.04. The fraction of sp³-hybridized carbons (Fsp3) is 0.500. The molecule has 0 saturated heterocycles. The number of hydrogen-bond donors (Lipinski definition) is 2. The van der Waals surface area contributed by atoms with Gasteiger partial charge in [0.2, 0.25) is 11.8 Å². The molecule has 1 aromatic rings. The summed E-state index contributed by atoms with van der Waals surface area (Å²) in [6.07, 6.45) is 0. The fourth-order valence-electron chi connectivity index (χ4n) is 2.13. The standard InChI is InChI=1S/C16H25N3O3/c1-5-19(16(21)12(2)10-17-3)11-15(20)18-13-7-6-8-14(9-13)22-4/h6-9,12,17H,5,10-11H2,1-4H3,(H,18,20). The summed E-state index contributed by atoms with van der Waals surface area (Å²) in [5.41, 5.74) is 0.649. The summed E-state index contributed by atoms with van der Waals surface area (Å²) in [7, 11) is 3.37. The van der Waals surface area contributed by atoms with Gasteiger partial charge in [-0.3, -0.25) is 9.59 Å². The third kappa shape index (κ3) is 5.37. The van der Waals surface area contributed by atoms with Gasteiger partial charge in [-0.2, -0.15) is 0 Å². The van der Waals surface area contributed by atoms with Crippen molar-refractivity contribution in [1.82, 2.24) is 10.2 Å². The summed E-state index contributed by atoms with van der Waals surface area (Å²) in [5.74, 6) is 0.260. The second-order valence-corrected chi connectivity index (χ2v) is 5.09. The maximum atomic E-state index is 12.2. The number of carbonyl (C=O) groups is 2. The topological polar surface area (TPSA) is 70.7 Å². The highest BCUT2D eigenvalue weighted by molar-refractivity contribution is 5.94. The van der Waals surface area contributed by atoms with Gasteiger partial charge in [-0.1, -0.05) is 13.0 Å². The predicted octanol–water partition coefficient (Wildman–Crippen LogP) is 1.34.